The molecule has 0 aromatic carbocycles. The molecule has 4 nitrogen and oxygen atoms in total. The predicted octanol–water partition coefficient (Wildman–Crippen LogP) is -0.183. The quantitative estimate of drug-likeness (QED) is 0.605. The summed E-state index contributed by atoms with van der Waals surface area (Å²) in [6, 6.07) is 1.66. The zero-order chi connectivity index (χ0) is 8.55. The van der Waals surface area contributed by atoms with Gasteiger partial charge in [0, 0.05) is 23.9 Å². The topological polar surface area (TPSA) is 62.2 Å². The molecular weight excluding hydrogens is 156 g/mol. The minimum absolute atomic E-state index is 0.0814. The van der Waals surface area contributed by atoms with Crippen LogP contribution >= 0.6 is 0 Å². The standard InChI is InChI=1S/C8H8N2O2/c11-4-7-6-3-10-8(12)5(6)1-2-9-7/h1-2,11H,3-4H2,(H,10,12). The molecule has 62 valence electrons. The summed E-state index contributed by atoms with van der Waals surface area (Å²) in [7, 11) is 0. The van der Waals surface area contributed by atoms with Gasteiger partial charge in [0.1, 0.15) is 0 Å². The van der Waals surface area contributed by atoms with Crippen LogP contribution in [0.25, 0.3) is 0 Å². The molecule has 1 aromatic heterocycles. The van der Waals surface area contributed by atoms with E-state index in [1.165, 1.54) is 6.20 Å². The molecule has 0 saturated heterocycles. The van der Waals surface area contributed by atoms with Crippen molar-refractivity contribution in [2.45, 2.75) is 13.2 Å². The van der Waals surface area contributed by atoms with Gasteiger partial charge in [-0.05, 0) is 6.07 Å². The maximum Gasteiger partial charge on any atom is 0.252 e. The monoisotopic (exact) mass is 164 g/mol. The summed E-state index contributed by atoms with van der Waals surface area (Å²) in [5.74, 6) is -0.0814. The molecule has 0 bridgehead atoms. The van der Waals surface area contributed by atoms with Crippen LogP contribution in [0.4, 0.5) is 0 Å². The largest absolute Gasteiger partial charge is 0.390 e. The minimum atomic E-state index is -0.113. The molecule has 1 amide bonds. The molecule has 0 spiro atoms. The van der Waals surface area contributed by atoms with Crippen molar-refractivity contribution in [1.82, 2.24) is 10.3 Å². The number of hydrogen-bond donors (Lipinski definition) is 2. The molecule has 0 radical (unpaired) electrons. The first-order chi connectivity index (χ1) is 5.83. The smallest absolute Gasteiger partial charge is 0.252 e. The summed E-state index contributed by atoms with van der Waals surface area (Å²) in [5, 5.41) is 11.6. The maximum atomic E-state index is 11.1. The number of pyridine rings is 1. The van der Waals surface area contributed by atoms with Gasteiger partial charge in [-0.1, -0.05) is 0 Å². The number of aliphatic hydroxyl groups is 1. The van der Waals surface area contributed by atoms with Crippen LogP contribution in [0.5, 0.6) is 0 Å². The van der Waals surface area contributed by atoms with E-state index in [9.17, 15) is 4.79 Å². The van der Waals surface area contributed by atoms with Gasteiger partial charge >= 0.3 is 0 Å². The molecule has 0 unspecified atom stereocenters. The molecule has 0 saturated carbocycles. The Morgan fingerprint density at radius 2 is 2.50 bits per heavy atom. The fourth-order valence-corrected chi connectivity index (χ4v) is 1.35. The van der Waals surface area contributed by atoms with Gasteiger partial charge in [0.05, 0.1) is 12.3 Å². The lowest BCUT2D eigenvalue weighted by Crippen LogP contribution is -2.12. The van der Waals surface area contributed by atoms with Crippen molar-refractivity contribution in [2.24, 2.45) is 0 Å². The summed E-state index contributed by atoms with van der Waals surface area (Å²) < 4.78 is 0. The summed E-state index contributed by atoms with van der Waals surface area (Å²) in [6.07, 6.45) is 1.54. The van der Waals surface area contributed by atoms with Crippen LogP contribution in [0.3, 0.4) is 0 Å². The van der Waals surface area contributed by atoms with Gasteiger partial charge in [-0.15, -0.1) is 0 Å². The van der Waals surface area contributed by atoms with Crippen LogP contribution in [0.2, 0.25) is 0 Å². The SMILES string of the molecule is O=C1NCc2c1ccnc2CO. The van der Waals surface area contributed by atoms with Crippen molar-refractivity contribution in [1.29, 1.82) is 0 Å². The number of aromatic nitrogens is 1. The first-order valence-corrected chi connectivity index (χ1v) is 3.68. The van der Waals surface area contributed by atoms with Crippen molar-refractivity contribution in [2.75, 3.05) is 0 Å². The van der Waals surface area contributed by atoms with E-state index in [2.05, 4.69) is 10.3 Å². The van der Waals surface area contributed by atoms with E-state index in [0.717, 1.165) is 5.56 Å². The van der Waals surface area contributed by atoms with E-state index >= 15 is 0 Å². The maximum absolute atomic E-state index is 11.1. The van der Waals surface area contributed by atoms with Crippen LogP contribution in [0, 0.1) is 0 Å². The van der Waals surface area contributed by atoms with Crippen molar-refractivity contribution in [3.05, 3.63) is 29.1 Å². The fourth-order valence-electron chi connectivity index (χ4n) is 1.35. The Labute approximate surface area is 69.2 Å². The van der Waals surface area contributed by atoms with Crippen LogP contribution in [0.1, 0.15) is 21.6 Å². The minimum Gasteiger partial charge on any atom is -0.390 e. The third kappa shape index (κ3) is 0.887. The van der Waals surface area contributed by atoms with Gasteiger partial charge in [0.15, 0.2) is 0 Å². The van der Waals surface area contributed by atoms with Crippen molar-refractivity contribution >= 4 is 5.91 Å². The Morgan fingerprint density at radius 1 is 1.67 bits per heavy atom. The Kier molecular flexibility index (Phi) is 1.55. The highest BCUT2D eigenvalue weighted by Crippen LogP contribution is 2.17. The van der Waals surface area contributed by atoms with Gasteiger partial charge in [0.2, 0.25) is 0 Å². The third-order valence-corrected chi connectivity index (χ3v) is 1.97. The van der Waals surface area contributed by atoms with E-state index in [4.69, 9.17) is 5.11 Å². The Hall–Kier alpha value is -1.42. The van der Waals surface area contributed by atoms with E-state index in [-0.39, 0.29) is 12.5 Å². The average Bonchev–Trinajstić information content (AvgIpc) is 2.48. The number of aliphatic hydroxyl groups excluding tert-OH is 1. The number of rotatable bonds is 1. The zero-order valence-corrected chi connectivity index (χ0v) is 6.37. The second-order valence-electron chi connectivity index (χ2n) is 2.62. The fraction of sp³-hybridized carbons (Fsp3) is 0.250. The summed E-state index contributed by atoms with van der Waals surface area (Å²) in [6.45, 7) is 0.371. The Balaban J connectivity index is 2.58. The molecule has 0 atom stereocenters. The molecule has 1 aliphatic rings. The number of carbonyl (C=O) groups excluding carboxylic acids is 1. The Bertz CT molecular complexity index is 336. The Morgan fingerprint density at radius 3 is 3.25 bits per heavy atom. The van der Waals surface area contributed by atoms with Crippen LogP contribution in [-0.4, -0.2) is 16.0 Å². The van der Waals surface area contributed by atoms with Gasteiger partial charge in [-0.3, -0.25) is 9.78 Å². The van der Waals surface area contributed by atoms with Crippen LogP contribution in [-0.2, 0) is 13.2 Å². The van der Waals surface area contributed by atoms with Crippen molar-refractivity contribution in [3.63, 3.8) is 0 Å². The van der Waals surface area contributed by atoms with E-state index in [0.29, 0.717) is 17.8 Å². The molecular formula is C8H8N2O2. The number of carbonyl (C=O) groups is 1. The molecule has 2 rings (SSSR count). The molecule has 2 heterocycles. The molecule has 12 heavy (non-hydrogen) atoms. The third-order valence-electron chi connectivity index (χ3n) is 1.97. The second kappa shape index (κ2) is 2.57. The van der Waals surface area contributed by atoms with Gasteiger partial charge < -0.3 is 10.4 Å². The normalized spacial score (nSPS) is 14.2. The van der Waals surface area contributed by atoms with Gasteiger partial charge in [-0.25, -0.2) is 0 Å². The van der Waals surface area contributed by atoms with Crippen molar-refractivity contribution in [3.8, 4) is 0 Å². The first kappa shape index (κ1) is 7.24. The lowest BCUT2D eigenvalue weighted by atomic mass is 10.1. The average molecular weight is 164 g/mol. The molecule has 0 fully saturated rings. The number of fused-ring (bicyclic) bond motifs is 1. The first-order valence-electron chi connectivity index (χ1n) is 3.68. The number of nitrogens with zero attached hydrogens (tertiary/aromatic N) is 1. The number of hydrogen-bond acceptors (Lipinski definition) is 3. The molecule has 1 aliphatic heterocycles. The lowest BCUT2D eigenvalue weighted by Gasteiger charge is -2.00. The van der Waals surface area contributed by atoms with Crippen LogP contribution < -0.4 is 5.32 Å². The highest BCUT2D eigenvalue weighted by Gasteiger charge is 2.21. The lowest BCUT2D eigenvalue weighted by molar-refractivity contribution is 0.0965. The highest BCUT2D eigenvalue weighted by molar-refractivity contribution is 5.98. The number of amides is 1. The molecule has 1 aromatic rings. The summed E-state index contributed by atoms with van der Waals surface area (Å²) in [5.41, 5.74) is 2.05. The molecule has 0 aliphatic carbocycles. The second-order valence-corrected chi connectivity index (χ2v) is 2.62. The molecule has 2 N–H and O–H groups in total. The summed E-state index contributed by atoms with van der Waals surface area (Å²) in [4.78, 5) is 15.1. The van der Waals surface area contributed by atoms with E-state index in [1.54, 1.807) is 6.07 Å². The molecule has 4 heteroatoms. The van der Waals surface area contributed by atoms with E-state index < -0.39 is 0 Å². The van der Waals surface area contributed by atoms with Crippen molar-refractivity contribution < 1.29 is 9.90 Å². The predicted molar refractivity (Wildman–Crippen MR) is 41.3 cm³/mol. The zero-order valence-electron chi connectivity index (χ0n) is 6.37. The summed E-state index contributed by atoms with van der Waals surface area (Å²) >= 11 is 0. The van der Waals surface area contributed by atoms with Gasteiger partial charge in [0.25, 0.3) is 5.91 Å². The highest BCUT2D eigenvalue weighted by atomic mass is 16.3. The van der Waals surface area contributed by atoms with Crippen LogP contribution in [0.15, 0.2) is 12.3 Å². The van der Waals surface area contributed by atoms with E-state index in [1.807, 2.05) is 0 Å². The van der Waals surface area contributed by atoms with Gasteiger partial charge in [-0.2, -0.15) is 0 Å². The number of nitrogens with one attached hydrogen (secondary N) is 1.